The topological polar surface area (TPSA) is 129 Å². The minimum atomic E-state index is -0.614. The summed E-state index contributed by atoms with van der Waals surface area (Å²) in [5.74, 6) is -0.135. The smallest absolute Gasteiger partial charge is 0.270 e. The van der Waals surface area contributed by atoms with E-state index in [0.717, 1.165) is 42.7 Å². The SMILES string of the molecule is C=C/C(=C\C=C/C)CC(CC(C)C=O)NC(=O)c1csc(CCC(NC(=O)C(NC(=O)C2CC(C)CCN2)C(C)CC)C(C)C)n1. The quantitative estimate of drug-likeness (QED) is 0.115. The number of aromatic nitrogens is 1. The number of nitrogens with zero attached hydrogens (tertiary/aromatic N) is 1. The normalized spacial score (nSPS) is 20.4. The molecule has 9 nitrogen and oxygen atoms in total. The molecule has 0 bridgehead atoms. The van der Waals surface area contributed by atoms with Crippen molar-refractivity contribution < 1.29 is 19.2 Å². The maximum absolute atomic E-state index is 13.6. The molecule has 0 saturated carbocycles. The molecule has 1 aromatic heterocycles. The molecular weight excluding hydrogens is 598 g/mol. The Labute approximate surface area is 280 Å². The van der Waals surface area contributed by atoms with Gasteiger partial charge in [0, 0.05) is 29.8 Å². The molecule has 7 unspecified atom stereocenters. The fraction of sp³-hybridized carbons (Fsp3) is 0.639. The lowest BCUT2D eigenvalue weighted by Crippen LogP contribution is -2.57. The molecule has 2 rings (SSSR count). The highest BCUT2D eigenvalue weighted by molar-refractivity contribution is 7.09. The summed E-state index contributed by atoms with van der Waals surface area (Å²) in [5.41, 5.74) is 1.31. The number of aryl methyl sites for hydroxylation is 1. The van der Waals surface area contributed by atoms with Crippen LogP contribution in [0.3, 0.4) is 0 Å². The average molecular weight is 656 g/mol. The first-order valence-corrected chi connectivity index (χ1v) is 17.8. The van der Waals surface area contributed by atoms with Crippen molar-refractivity contribution in [3.05, 3.63) is 52.5 Å². The molecule has 0 aliphatic carbocycles. The van der Waals surface area contributed by atoms with Crippen molar-refractivity contribution >= 4 is 35.3 Å². The molecule has 1 aromatic rings. The van der Waals surface area contributed by atoms with E-state index < -0.39 is 6.04 Å². The van der Waals surface area contributed by atoms with Crippen LogP contribution in [0.4, 0.5) is 0 Å². The molecule has 256 valence electrons. The minimum Gasteiger partial charge on any atom is -0.351 e. The zero-order valence-electron chi connectivity index (χ0n) is 28.9. The number of carbonyl (C=O) groups is 4. The molecular formula is C36H57N5O4S. The third-order valence-corrected chi connectivity index (χ3v) is 9.74. The van der Waals surface area contributed by atoms with Crippen molar-refractivity contribution in [1.29, 1.82) is 0 Å². The first-order valence-electron chi connectivity index (χ1n) is 16.9. The van der Waals surface area contributed by atoms with Gasteiger partial charge in [0.25, 0.3) is 5.91 Å². The zero-order valence-corrected chi connectivity index (χ0v) is 29.8. The summed E-state index contributed by atoms with van der Waals surface area (Å²) in [4.78, 5) is 55.8. The number of carbonyl (C=O) groups excluding carboxylic acids is 4. The summed E-state index contributed by atoms with van der Waals surface area (Å²) in [7, 11) is 0. The van der Waals surface area contributed by atoms with E-state index in [-0.39, 0.29) is 53.6 Å². The molecule has 0 spiro atoms. The molecule has 0 aromatic carbocycles. The highest BCUT2D eigenvalue weighted by Gasteiger charge is 2.32. The van der Waals surface area contributed by atoms with Crippen LogP contribution in [-0.4, -0.2) is 59.7 Å². The third kappa shape index (κ3) is 12.9. The standard InChI is InChI=1S/C36H57N5O4S/c1-9-12-13-27(11-3)20-28(18-25(7)21-42)38-35(44)31-22-46-32(39-31)15-14-29(23(4)5)40-36(45)33(26(8)10-2)41-34(43)30-19-24(6)16-17-37-30/h9,11-13,21-26,28-30,33,37H,3,10,14-20H2,1-2,4-8H3,(H,38,44)(H,40,45)(H,41,43)/b12-9-,27-13+. The number of aldehydes is 1. The van der Waals surface area contributed by atoms with Crippen molar-refractivity contribution in [2.75, 3.05) is 6.54 Å². The van der Waals surface area contributed by atoms with Gasteiger partial charge in [-0.2, -0.15) is 0 Å². The van der Waals surface area contributed by atoms with E-state index in [1.165, 1.54) is 11.3 Å². The van der Waals surface area contributed by atoms with Gasteiger partial charge < -0.3 is 26.1 Å². The van der Waals surface area contributed by atoms with Crippen LogP contribution in [0.2, 0.25) is 0 Å². The van der Waals surface area contributed by atoms with E-state index in [1.807, 2.05) is 45.9 Å². The number of amides is 3. The summed E-state index contributed by atoms with van der Waals surface area (Å²) in [6.07, 6.45) is 13.4. The number of hydrogen-bond donors (Lipinski definition) is 4. The van der Waals surface area contributed by atoms with Crippen LogP contribution in [0.25, 0.3) is 0 Å². The predicted octanol–water partition coefficient (Wildman–Crippen LogP) is 5.54. The second-order valence-corrected chi connectivity index (χ2v) is 14.2. The minimum absolute atomic E-state index is 0.0164. The molecule has 4 N–H and O–H groups in total. The number of thiazole rings is 1. The fourth-order valence-electron chi connectivity index (χ4n) is 5.60. The summed E-state index contributed by atoms with van der Waals surface area (Å²) in [5, 5.41) is 15.2. The van der Waals surface area contributed by atoms with Gasteiger partial charge in [-0.05, 0) is 68.9 Å². The largest absolute Gasteiger partial charge is 0.351 e. The predicted molar refractivity (Wildman–Crippen MR) is 188 cm³/mol. The van der Waals surface area contributed by atoms with Crippen molar-refractivity contribution in [3.63, 3.8) is 0 Å². The van der Waals surface area contributed by atoms with Gasteiger partial charge in [0.2, 0.25) is 11.8 Å². The first-order chi connectivity index (χ1) is 21.9. The molecule has 1 saturated heterocycles. The highest BCUT2D eigenvalue weighted by Crippen LogP contribution is 2.20. The Morgan fingerprint density at radius 1 is 1.17 bits per heavy atom. The summed E-state index contributed by atoms with van der Waals surface area (Å²) in [6, 6.07) is -1.26. The van der Waals surface area contributed by atoms with Crippen LogP contribution in [0, 0.1) is 23.7 Å². The molecule has 1 fully saturated rings. The molecule has 2 heterocycles. The van der Waals surface area contributed by atoms with Gasteiger partial charge in [0.1, 0.15) is 18.0 Å². The maximum atomic E-state index is 13.6. The van der Waals surface area contributed by atoms with Gasteiger partial charge in [0.15, 0.2) is 0 Å². The van der Waals surface area contributed by atoms with Gasteiger partial charge in [-0.1, -0.05) is 78.8 Å². The fourth-order valence-corrected chi connectivity index (χ4v) is 6.39. The lowest BCUT2D eigenvalue weighted by molar-refractivity contribution is -0.132. The molecule has 1 aliphatic heterocycles. The second kappa shape index (κ2) is 20.2. The molecule has 10 heteroatoms. The Morgan fingerprint density at radius 3 is 2.52 bits per heavy atom. The number of hydrogen-bond acceptors (Lipinski definition) is 7. The Kier molecular flexibility index (Phi) is 17.2. The summed E-state index contributed by atoms with van der Waals surface area (Å²) >= 11 is 1.42. The van der Waals surface area contributed by atoms with Gasteiger partial charge >= 0.3 is 0 Å². The molecule has 0 radical (unpaired) electrons. The highest BCUT2D eigenvalue weighted by atomic mass is 32.1. The molecule has 1 aliphatic rings. The van der Waals surface area contributed by atoms with Crippen LogP contribution < -0.4 is 21.3 Å². The van der Waals surface area contributed by atoms with E-state index in [2.05, 4.69) is 53.6 Å². The Balaban J connectivity index is 2.05. The van der Waals surface area contributed by atoms with E-state index in [4.69, 9.17) is 0 Å². The van der Waals surface area contributed by atoms with Gasteiger partial charge in [-0.15, -0.1) is 11.3 Å². The molecule has 46 heavy (non-hydrogen) atoms. The Hall–Kier alpha value is -3.11. The monoisotopic (exact) mass is 655 g/mol. The van der Waals surface area contributed by atoms with Crippen molar-refractivity contribution in [3.8, 4) is 0 Å². The summed E-state index contributed by atoms with van der Waals surface area (Å²) < 4.78 is 0. The lowest BCUT2D eigenvalue weighted by Gasteiger charge is -2.32. The second-order valence-electron chi connectivity index (χ2n) is 13.2. The average Bonchev–Trinajstić information content (AvgIpc) is 3.52. The van der Waals surface area contributed by atoms with E-state index in [0.29, 0.717) is 37.3 Å². The number of allylic oxidation sites excluding steroid dienone is 4. The van der Waals surface area contributed by atoms with Crippen LogP contribution in [0.1, 0.15) is 102 Å². The van der Waals surface area contributed by atoms with Crippen LogP contribution in [-0.2, 0) is 20.8 Å². The van der Waals surface area contributed by atoms with Crippen LogP contribution in [0.5, 0.6) is 0 Å². The maximum Gasteiger partial charge on any atom is 0.270 e. The van der Waals surface area contributed by atoms with Crippen molar-refractivity contribution in [1.82, 2.24) is 26.3 Å². The van der Waals surface area contributed by atoms with Gasteiger partial charge in [0.05, 0.1) is 11.0 Å². The Bertz CT molecular complexity index is 1210. The molecule has 3 amide bonds. The van der Waals surface area contributed by atoms with Crippen LogP contribution >= 0.6 is 11.3 Å². The molecule has 7 atom stereocenters. The van der Waals surface area contributed by atoms with Crippen molar-refractivity contribution in [2.24, 2.45) is 23.7 Å². The van der Waals surface area contributed by atoms with Gasteiger partial charge in [-0.25, -0.2) is 4.98 Å². The Morgan fingerprint density at radius 2 is 1.91 bits per heavy atom. The van der Waals surface area contributed by atoms with Crippen LogP contribution in [0.15, 0.2) is 41.8 Å². The van der Waals surface area contributed by atoms with Crippen molar-refractivity contribution in [2.45, 2.75) is 118 Å². The summed E-state index contributed by atoms with van der Waals surface area (Å²) in [6.45, 7) is 18.8. The van der Waals surface area contributed by atoms with E-state index >= 15 is 0 Å². The first kappa shape index (κ1) is 39.1. The number of piperidine rings is 1. The van der Waals surface area contributed by atoms with Gasteiger partial charge in [-0.3, -0.25) is 14.4 Å². The number of nitrogens with one attached hydrogen (secondary N) is 4. The number of rotatable bonds is 19. The van der Waals surface area contributed by atoms with E-state index in [9.17, 15) is 19.2 Å². The lowest BCUT2D eigenvalue weighted by atomic mass is 9.92. The van der Waals surface area contributed by atoms with E-state index in [1.54, 1.807) is 11.5 Å². The third-order valence-electron chi connectivity index (χ3n) is 8.83. The zero-order chi connectivity index (χ0) is 34.2.